The summed E-state index contributed by atoms with van der Waals surface area (Å²) in [7, 11) is 0. The highest BCUT2D eigenvalue weighted by molar-refractivity contribution is 6.28. The number of carbonyl (C=O) groups is 2. The van der Waals surface area contributed by atoms with Crippen LogP contribution < -0.4 is 0 Å². The summed E-state index contributed by atoms with van der Waals surface area (Å²) >= 11 is 0. The number of aliphatic hydroxyl groups is 1. The van der Waals surface area contributed by atoms with E-state index in [1.807, 2.05) is 19.9 Å². The Balaban J connectivity index is 2.57. The molecule has 2 rings (SSSR count). The first kappa shape index (κ1) is 10.1. The molecule has 1 N–H and O–H groups in total. The van der Waals surface area contributed by atoms with Crippen LogP contribution in [0.2, 0.25) is 0 Å². The molecule has 1 atom stereocenters. The van der Waals surface area contributed by atoms with Crippen LogP contribution in [-0.2, 0) is 0 Å². The van der Waals surface area contributed by atoms with E-state index in [2.05, 4.69) is 0 Å². The predicted octanol–water partition coefficient (Wildman–Crippen LogP) is 1.55. The standard InChI is InChI=1S/C12H12O3/c1-6(2)7-3-4-8-9(5-7)11(14)12(15)10(8)13/h3-6,12,15H,1-2H3. The summed E-state index contributed by atoms with van der Waals surface area (Å²) in [6.07, 6.45) is -1.48. The third-order valence-electron chi connectivity index (χ3n) is 2.74. The molecule has 1 aromatic rings. The maximum absolute atomic E-state index is 11.5. The van der Waals surface area contributed by atoms with Gasteiger partial charge in [-0.2, -0.15) is 0 Å². The van der Waals surface area contributed by atoms with Crippen LogP contribution in [0.3, 0.4) is 0 Å². The van der Waals surface area contributed by atoms with E-state index in [0.29, 0.717) is 17.0 Å². The second-order valence-corrected chi connectivity index (χ2v) is 4.09. The van der Waals surface area contributed by atoms with E-state index in [0.717, 1.165) is 5.56 Å². The molecular formula is C12H12O3. The lowest BCUT2D eigenvalue weighted by atomic mass is 9.98. The van der Waals surface area contributed by atoms with Gasteiger partial charge in [-0.25, -0.2) is 0 Å². The van der Waals surface area contributed by atoms with Crippen LogP contribution in [0.1, 0.15) is 46.0 Å². The number of carbonyl (C=O) groups excluding carboxylic acids is 2. The van der Waals surface area contributed by atoms with Crippen molar-refractivity contribution in [2.24, 2.45) is 0 Å². The molecule has 0 saturated heterocycles. The quantitative estimate of drug-likeness (QED) is 0.706. The van der Waals surface area contributed by atoms with E-state index >= 15 is 0 Å². The van der Waals surface area contributed by atoms with E-state index in [4.69, 9.17) is 0 Å². The minimum absolute atomic E-state index is 0.302. The number of hydrogen-bond acceptors (Lipinski definition) is 3. The van der Waals surface area contributed by atoms with Gasteiger partial charge < -0.3 is 5.11 Å². The summed E-state index contributed by atoms with van der Waals surface area (Å²) in [4.78, 5) is 22.9. The number of hydrogen-bond donors (Lipinski definition) is 1. The fraction of sp³-hybridized carbons (Fsp3) is 0.333. The molecule has 3 nitrogen and oxygen atoms in total. The van der Waals surface area contributed by atoms with Gasteiger partial charge in [0.1, 0.15) is 0 Å². The second-order valence-electron chi connectivity index (χ2n) is 4.09. The van der Waals surface area contributed by atoms with Crippen LogP contribution in [0.25, 0.3) is 0 Å². The van der Waals surface area contributed by atoms with Gasteiger partial charge in [0.15, 0.2) is 17.7 Å². The first-order chi connectivity index (χ1) is 7.02. The van der Waals surface area contributed by atoms with E-state index < -0.39 is 17.7 Å². The van der Waals surface area contributed by atoms with E-state index in [9.17, 15) is 14.7 Å². The average Bonchev–Trinajstić information content (AvgIpc) is 2.44. The van der Waals surface area contributed by atoms with Crippen molar-refractivity contribution in [2.75, 3.05) is 0 Å². The number of Topliss-reactive ketones (excluding diaryl/α,β-unsaturated/α-hetero) is 2. The first-order valence-corrected chi connectivity index (χ1v) is 4.93. The molecule has 0 aliphatic heterocycles. The Bertz CT molecular complexity index is 446. The van der Waals surface area contributed by atoms with Gasteiger partial charge in [-0.05, 0) is 17.5 Å². The molecule has 3 heteroatoms. The van der Waals surface area contributed by atoms with Gasteiger partial charge >= 0.3 is 0 Å². The zero-order valence-electron chi connectivity index (χ0n) is 8.65. The van der Waals surface area contributed by atoms with Crippen LogP contribution in [0, 0.1) is 0 Å². The molecule has 78 valence electrons. The smallest absolute Gasteiger partial charge is 0.200 e. The summed E-state index contributed by atoms with van der Waals surface area (Å²) in [6, 6.07) is 5.16. The highest BCUT2D eigenvalue weighted by atomic mass is 16.3. The molecule has 0 heterocycles. The van der Waals surface area contributed by atoms with E-state index in [1.165, 1.54) is 0 Å². The lowest BCUT2D eigenvalue weighted by Gasteiger charge is -2.06. The molecule has 1 aliphatic carbocycles. The van der Waals surface area contributed by atoms with Gasteiger partial charge in [-0.3, -0.25) is 9.59 Å². The Labute approximate surface area is 87.7 Å². The highest BCUT2D eigenvalue weighted by Crippen LogP contribution is 2.26. The lowest BCUT2D eigenvalue weighted by molar-refractivity contribution is 0.0663. The maximum atomic E-state index is 11.5. The lowest BCUT2D eigenvalue weighted by Crippen LogP contribution is -2.20. The molecule has 15 heavy (non-hydrogen) atoms. The molecule has 0 bridgehead atoms. The third-order valence-corrected chi connectivity index (χ3v) is 2.74. The Kier molecular flexibility index (Phi) is 2.20. The average molecular weight is 204 g/mol. The summed E-state index contributed by atoms with van der Waals surface area (Å²) in [6.45, 7) is 4.03. The van der Waals surface area contributed by atoms with Crippen molar-refractivity contribution in [3.05, 3.63) is 34.9 Å². The topological polar surface area (TPSA) is 54.4 Å². The SMILES string of the molecule is CC(C)c1ccc2c(c1)C(=O)C(O)C2=O. The van der Waals surface area contributed by atoms with Crippen LogP contribution in [0.15, 0.2) is 18.2 Å². The summed E-state index contributed by atoms with van der Waals surface area (Å²) in [5, 5.41) is 9.32. The molecule has 0 saturated carbocycles. The predicted molar refractivity (Wildman–Crippen MR) is 55.2 cm³/mol. The van der Waals surface area contributed by atoms with Gasteiger partial charge in [0.2, 0.25) is 0 Å². The first-order valence-electron chi connectivity index (χ1n) is 4.93. The Morgan fingerprint density at radius 3 is 2.33 bits per heavy atom. The number of benzene rings is 1. The van der Waals surface area contributed by atoms with Crippen LogP contribution in [0.4, 0.5) is 0 Å². The zero-order valence-corrected chi connectivity index (χ0v) is 8.65. The van der Waals surface area contributed by atoms with Gasteiger partial charge in [-0.15, -0.1) is 0 Å². The molecule has 0 amide bonds. The molecule has 0 spiro atoms. The van der Waals surface area contributed by atoms with Crippen molar-refractivity contribution in [3.63, 3.8) is 0 Å². The van der Waals surface area contributed by atoms with Gasteiger partial charge in [0, 0.05) is 11.1 Å². The maximum Gasteiger partial charge on any atom is 0.200 e. The fourth-order valence-corrected chi connectivity index (χ4v) is 1.75. The Morgan fingerprint density at radius 1 is 1.13 bits per heavy atom. The number of ketones is 2. The third kappa shape index (κ3) is 1.39. The molecule has 0 fully saturated rings. The van der Waals surface area contributed by atoms with Gasteiger partial charge in [0.05, 0.1) is 0 Å². The highest BCUT2D eigenvalue weighted by Gasteiger charge is 2.37. The minimum atomic E-state index is -1.48. The molecule has 1 unspecified atom stereocenters. The zero-order chi connectivity index (χ0) is 11.2. The van der Waals surface area contributed by atoms with E-state index in [-0.39, 0.29) is 0 Å². The number of fused-ring (bicyclic) bond motifs is 1. The van der Waals surface area contributed by atoms with Crippen LogP contribution in [-0.4, -0.2) is 22.8 Å². The normalized spacial score (nSPS) is 19.9. The molecular weight excluding hydrogens is 192 g/mol. The van der Waals surface area contributed by atoms with Crippen molar-refractivity contribution in [1.29, 1.82) is 0 Å². The Hall–Kier alpha value is -1.48. The minimum Gasteiger partial charge on any atom is -0.377 e. The Morgan fingerprint density at radius 2 is 1.73 bits per heavy atom. The second kappa shape index (κ2) is 3.28. The molecule has 1 aliphatic rings. The summed E-state index contributed by atoms with van der Waals surface area (Å²) < 4.78 is 0. The van der Waals surface area contributed by atoms with Crippen molar-refractivity contribution >= 4 is 11.6 Å². The van der Waals surface area contributed by atoms with Gasteiger partial charge in [0.25, 0.3) is 0 Å². The van der Waals surface area contributed by atoms with Crippen molar-refractivity contribution in [1.82, 2.24) is 0 Å². The molecule has 0 aromatic heterocycles. The summed E-state index contributed by atoms with van der Waals surface area (Å²) in [5.74, 6) is -0.654. The van der Waals surface area contributed by atoms with Crippen LogP contribution in [0.5, 0.6) is 0 Å². The van der Waals surface area contributed by atoms with Crippen LogP contribution >= 0.6 is 0 Å². The number of rotatable bonds is 1. The number of aliphatic hydroxyl groups excluding tert-OH is 1. The van der Waals surface area contributed by atoms with Crippen molar-refractivity contribution < 1.29 is 14.7 Å². The van der Waals surface area contributed by atoms with E-state index in [1.54, 1.807) is 12.1 Å². The summed E-state index contributed by atoms with van der Waals surface area (Å²) in [5.41, 5.74) is 1.71. The molecule has 0 radical (unpaired) electrons. The largest absolute Gasteiger partial charge is 0.377 e. The monoisotopic (exact) mass is 204 g/mol. The van der Waals surface area contributed by atoms with Crippen molar-refractivity contribution in [2.45, 2.75) is 25.9 Å². The van der Waals surface area contributed by atoms with Crippen molar-refractivity contribution in [3.8, 4) is 0 Å². The molecule has 1 aromatic carbocycles. The fourth-order valence-electron chi connectivity index (χ4n) is 1.75. The van der Waals surface area contributed by atoms with Gasteiger partial charge in [-0.1, -0.05) is 26.0 Å².